The molecule has 1 unspecified atom stereocenters. The molecule has 1 atom stereocenters. The van der Waals surface area contributed by atoms with E-state index in [1.54, 1.807) is 0 Å². The maximum absolute atomic E-state index is 9.38. The second-order valence-electron chi connectivity index (χ2n) is 4.61. The van der Waals surface area contributed by atoms with E-state index in [1.165, 1.54) is 18.5 Å². The van der Waals surface area contributed by atoms with Crippen LogP contribution >= 0.6 is 0 Å². The van der Waals surface area contributed by atoms with Crippen molar-refractivity contribution in [2.24, 2.45) is 0 Å². The van der Waals surface area contributed by atoms with Gasteiger partial charge < -0.3 is 5.11 Å². The highest BCUT2D eigenvalue weighted by Gasteiger charge is 2.18. The first-order valence-corrected chi connectivity index (χ1v) is 8.72. The lowest BCUT2D eigenvalue weighted by atomic mass is 10.2. The summed E-state index contributed by atoms with van der Waals surface area (Å²) in [5, 5.41) is 9.38. The van der Waals surface area contributed by atoms with E-state index in [-0.39, 0.29) is 6.10 Å². The molecule has 0 amide bonds. The molecular weight excluding hydrogens is 176 g/mol. The van der Waals surface area contributed by atoms with E-state index in [0.29, 0.717) is 0 Å². The zero-order valence-electron chi connectivity index (χ0n) is 9.34. The quantitative estimate of drug-likeness (QED) is 0.493. The molecule has 2 heteroatoms. The van der Waals surface area contributed by atoms with Gasteiger partial charge in [-0.15, -0.1) is 6.58 Å². The minimum Gasteiger partial charge on any atom is -0.393 e. The highest BCUT2D eigenvalue weighted by Crippen LogP contribution is 2.19. The van der Waals surface area contributed by atoms with Crippen LogP contribution in [0, 0.1) is 0 Å². The molecule has 13 heavy (non-hydrogen) atoms. The van der Waals surface area contributed by atoms with Crippen LogP contribution in [0.2, 0.25) is 25.2 Å². The molecule has 0 aromatic heterocycles. The lowest BCUT2D eigenvalue weighted by Gasteiger charge is -2.20. The Morgan fingerprint density at radius 2 is 2.08 bits per heavy atom. The van der Waals surface area contributed by atoms with E-state index in [4.69, 9.17) is 0 Å². The molecule has 0 rings (SSSR count). The Morgan fingerprint density at radius 1 is 1.46 bits per heavy atom. The smallest absolute Gasteiger partial charge is 0.0537 e. The minimum absolute atomic E-state index is 0.0754. The van der Waals surface area contributed by atoms with Gasteiger partial charge in [-0.1, -0.05) is 38.6 Å². The lowest BCUT2D eigenvalue weighted by Crippen LogP contribution is -2.24. The molecule has 0 heterocycles. The van der Waals surface area contributed by atoms with E-state index in [9.17, 15) is 5.11 Å². The van der Waals surface area contributed by atoms with Gasteiger partial charge in [-0.2, -0.15) is 0 Å². The predicted octanol–water partition coefficient (Wildman–Crippen LogP) is 3.43. The Bertz CT molecular complexity index is 143. The van der Waals surface area contributed by atoms with Crippen molar-refractivity contribution in [2.75, 3.05) is 0 Å². The second-order valence-corrected chi connectivity index (χ2v) is 9.85. The summed E-state index contributed by atoms with van der Waals surface area (Å²) in [6, 6.07) is 2.52. The third kappa shape index (κ3) is 7.02. The van der Waals surface area contributed by atoms with Crippen LogP contribution in [0.4, 0.5) is 0 Å². The van der Waals surface area contributed by atoms with Crippen LogP contribution in [0.5, 0.6) is 0 Å². The summed E-state index contributed by atoms with van der Waals surface area (Å²) in [5.41, 5.74) is 0. The molecule has 0 aliphatic carbocycles. The van der Waals surface area contributed by atoms with Gasteiger partial charge in [0.1, 0.15) is 0 Å². The largest absolute Gasteiger partial charge is 0.393 e. The molecule has 0 aliphatic rings. The van der Waals surface area contributed by atoms with Crippen LogP contribution in [0.1, 0.15) is 26.2 Å². The maximum Gasteiger partial charge on any atom is 0.0537 e. The molecule has 0 spiro atoms. The predicted molar refractivity (Wildman–Crippen MR) is 62.8 cm³/mol. The van der Waals surface area contributed by atoms with E-state index < -0.39 is 8.07 Å². The van der Waals surface area contributed by atoms with Crippen molar-refractivity contribution in [3.63, 3.8) is 0 Å². The summed E-state index contributed by atoms with van der Waals surface area (Å²) in [6.45, 7) is 10.6. The van der Waals surface area contributed by atoms with Gasteiger partial charge in [0.15, 0.2) is 0 Å². The lowest BCUT2D eigenvalue weighted by molar-refractivity contribution is 0.159. The molecule has 1 nitrogen and oxygen atoms in total. The fourth-order valence-electron chi connectivity index (χ4n) is 1.51. The summed E-state index contributed by atoms with van der Waals surface area (Å²) in [4.78, 5) is 0. The number of allylic oxidation sites excluding steroid dienone is 1. The van der Waals surface area contributed by atoms with Crippen molar-refractivity contribution in [3.8, 4) is 0 Å². The maximum atomic E-state index is 9.38. The van der Waals surface area contributed by atoms with E-state index in [0.717, 1.165) is 12.8 Å². The van der Waals surface area contributed by atoms with Gasteiger partial charge in [0.05, 0.1) is 14.2 Å². The van der Waals surface area contributed by atoms with Crippen LogP contribution in [0.3, 0.4) is 0 Å². The highest BCUT2D eigenvalue weighted by atomic mass is 28.3. The van der Waals surface area contributed by atoms with Gasteiger partial charge in [0.2, 0.25) is 0 Å². The molecule has 0 saturated carbocycles. The summed E-state index contributed by atoms with van der Waals surface area (Å²) in [6.07, 6.45) is 5.02. The monoisotopic (exact) mass is 200 g/mol. The normalized spacial score (nSPS) is 14.2. The van der Waals surface area contributed by atoms with Crippen molar-refractivity contribution in [1.29, 1.82) is 0 Å². The van der Waals surface area contributed by atoms with Gasteiger partial charge >= 0.3 is 0 Å². The fourth-order valence-corrected chi connectivity index (χ4v) is 3.66. The molecular formula is C11H24OSi. The summed E-state index contributed by atoms with van der Waals surface area (Å²) in [5.74, 6) is 0. The van der Waals surface area contributed by atoms with E-state index >= 15 is 0 Å². The number of aliphatic hydroxyl groups excluding tert-OH is 1. The summed E-state index contributed by atoms with van der Waals surface area (Å²) >= 11 is 0. The molecule has 1 N–H and O–H groups in total. The van der Waals surface area contributed by atoms with Crippen molar-refractivity contribution in [3.05, 3.63) is 12.7 Å². The first kappa shape index (κ1) is 12.9. The van der Waals surface area contributed by atoms with Crippen molar-refractivity contribution in [2.45, 2.75) is 57.5 Å². The van der Waals surface area contributed by atoms with Gasteiger partial charge in [-0.3, -0.25) is 0 Å². The molecule has 78 valence electrons. The van der Waals surface area contributed by atoms with E-state index in [2.05, 4.69) is 19.7 Å². The van der Waals surface area contributed by atoms with Crippen LogP contribution in [-0.2, 0) is 0 Å². The number of aliphatic hydroxyl groups is 1. The zero-order valence-corrected chi connectivity index (χ0v) is 10.3. The van der Waals surface area contributed by atoms with Gasteiger partial charge in [-0.25, -0.2) is 0 Å². The van der Waals surface area contributed by atoms with Crippen LogP contribution in [0.15, 0.2) is 12.7 Å². The van der Waals surface area contributed by atoms with Crippen LogP contribution < -0.4 is 0 Å². The standard InChI is InChI=1S/C11H24OSi/c1-5-9-13(3,4)10-7-8-11(12)6-2/h5,11-12H,1,6-10H2,2-4H3. The molecule has 0 fully saturated rings. The Labute approximate surface area is 83.9 Å². The molecule has 0 aromatic rings. The fraction of sp³-hybridized carbons (Fsp3) is 0.818. The summed E-state index contributed by atoms with van der Waals surface area (Å²) in [7, 11) is -1.01. The SMILES string of the molecule is C=CC[Si](C)(C)CCCC(O)CC. The molecule has 0 radical (unpaired) electrons. The highest BCUT2D eigenvalue weighted by molar-refractivity contribution is 6.77. The Hall–Kier alpha value is -0.0831. The Morgan fingerprint density at radius 3 is 2.54 bits per heavy atom. The zero-order chi connectivity index (χ0) is 10.3. The van der Waals surface area contributed by atoms with Crippen molar-refractivity contribution in [1.82, 2.24) is 0 Å². The first-order valence-electron chi connectivity index (χ1n) is 5.31. The van der Waals surface area contributed by atoms with Crippen molar-refractivity contribution >= 4 is 8.07 Å². The third-order valence-corrected chi connectivity index (χ3v) is 5.66. The molecule has 0 aromatic carbocycles. The van der Waals surface area contributed by atoms with E-state index in [1.807, 2.05) is 13.0 Å². The average molecular weight is 200 g/mol. The van der Waals surface area contributed by atoms with Crippen LogP contribution in [0.25, 0.3) is 0 Å². The number of hydrogen-bond donors (Lipinski definition) is 1. The number of rotatable bonds is 7. The first-order chi connectivity index (χ1) is 6.02. The topological polar surface area (TPSA) is 20.2 Å². The van der Waals surface area contributed by atoms with Gasteiger partial charge in [0.25, 0.3) is 0 Å². The second kappa shape index (κ2) is 6.38. The van der Waals surface area contributed by atoms with Crippen LogP contribution in [-0.4, -0.2) is 19.3 Å². The average Bonchev–Trinajstić information content (AvgIpc) is 2.03. The molecule has 0 bridgehead atoms. The van der Waals surface area contributed by atoms with Crippen molar-refractivity contribution < 1.29 is 5.11 Å². The molecule has 0 aliphatic heterocycles. The minimum atomic E-state index is -1.01. The third-order valence-electron chi connectivity index (χ3n) is 2.56. The molecule has 0 saturated heterocycles. The Kier molecular flexibility index (Phi) is 6.34. The van der Waals surface area contributed by atoms with Gasteiger partial charge in [-0.05, 0) is 18.9 Å². The number of hydrogen-bond acceptors (Lipinski definition) is 1. The Balaban J connectivity index is 3.56. The van der Waals surface area contributed by atoms with Gasteiger partial charge in [0, 0.05) is 0 Å². The summed E-state index contributed by atoms with van der Waals surface area (Å²) < 4.78 is 0.